The van der Waals surface area contributed by atoms with Crippen LogP contribution < -0.4 is 14.9 Å². The van der Waals surface area contributed by atoms with E-state index in [-0.39, 0.29) is 10.8 Å². The number of rotatable bonds is 9. The van der Waals surface area contributed by atoms with Crippen LogP contribution >= 0.6 is 22.9 Å². The first-order chi connectivity index (χ1) is 13.8. The van der Waals surface area contributed by atoms with Crippen molar-refractivity contribution in [2.24, 2.45) is 0 Å². The molecule has 0 aliphatic rings. The molecule has 0 saturated carbocycles. The van der Waals surface area contributed by atoms with Crippen LogP contribution in [0.3, 0.4) is 0 Å². The van der Waals surface area contributed by atoms with Gasteiger partial charge >= 0.3 is 4.87 Å². The van der Waals surface area contributed by atoms with E-state index in [1.54, 1.807) is 25.1 Å². The third kappa shape index (κ3) is 6.08. The molecule has 1 unspecified atom stereocenters. The van der Waals surface area contributed by atoms with E-state index in [9.17, 15) is 15.0 Å². The molecule has 3 aromatic rings. The van der Waals surface area contributed by atoms with E-state index in [4.69, 9.17) is 16.3 Å². The average molecular weight is 435 g/mol. The molecule has 154 valence electrons. The molecule has 29 heavy (non-hydrogen) atoms. The maximum Gasteiger partial charge on any atom is 0.307 e. The fraction of sp³-hybridized carbons (Fsp3) is 0.286. The van der Waals surface area contributed by atoms with Gasteiger partial charge in [-0.05, 0) is 48.7 Å². The van der Waals surface area contributed by atoms with Crippen molar-refractivity contribution in [1.82, 2.24) is 10.3 Å². The topological polar surface area (TPSA) is 94.6 Å². The number of aromatic nitrogens is 1. The van der Waals surface area contributed by atoms with Gasteiger partial charge in [-0.1, -0.05) is 47.2 Å². The van der Waals surface area contributed by atoms with Crippen molar-refractivity contribution in [2.75, 3.05) is 13.2 Å². The molecule has 8 heteroatoms. The van der Waals surface area contributed by atoms with Crippen LogP contribution in [0.15, 0.2) is 53.3 Å². The van der Waals surface area contributed by atoms with Crippen molar-refractivity contribution in [2.45, 2.75) is 25.5 Å². The second-order valence-corrected chi connectivity index (χ2v) is 8.32. The summed E-state index contributed by atoms with van der Waals surface area (Å²) < 4.78 is 5.73. The number of hydrogen-bond acceptors (Lipinski definition) is 6. The highest BCUT2D eigenvalue weighted by Crippen LogP contribution is 2.22. The fourth-order valence-electron chi connectivity index (χ4n) is 2.85. The van der Waals surface area contributed by atoms with Crippen molar-refractivity contribution < 1.29 is 14.9 Å². The Morgan fingerprint density at radius 3 is 2.66 bits per heavy atom. The lowest BCUT2D eigenvalue weighted by molar-refractivity contribution is 0.0191. The predicted octanol–water partition coefficient (Wildman–Crippen LogP) is 3.61. The van der Waals surface area contributed by atoms with Crippen LogP contribution in [-0.2, 0) is 12.1 Å². The SMILES string of the molecule is CC(O)(NCCCOc1ccc(Cc2sc(=O)[nH]c2O)cc1)c1cccc(Cl)c1. The number of halogens is 1. The van der Waals surface area contributed by atoms with Gasteiger partial charge in [0.25, 0.3) is 0 Å². The highest BCUT2D eigenvalue weighted by Gasteiger charge is 2.21. The van der Waals surface area contributed by atoms with Gasteiger partial charge in [0.2, 0.25) is 5.88 Å². The van der Waals surface area contributed by atoms with Crippen LogP contribution in [0.4, 0.5) is 0 Å². The number of thiazole rings is 1. The maximum absolute atomic E-state index is 11.2. The third-order valence-corrected chi connectivity index (χ3v) is 5.54. The van der Waals surface area contributed by atoms with Crippen molar-refractivity contribution in [3.8, 4) is 11.6 Å². The lowest BCUT2D eigenvalue weighted by Crippen LogP contribution is -2.40. The monoisotopic (exact) mass is 434 g/mol. The predicted molar refractivity (Wildman–Crippen MR) is 115 cm³/mol. The minimum atomic E-state index is -1.17. The Morgan fingerprint density at radius 2 is 2.00 bits per heavy atom. The molecule has 6 nitrogen and oxygen atoms in total. The Labute approximate surface area is 177 Å². The molecule has 0 fully saturated rings. The molecule has 0 bridgehead atoms. The average Bonchev–Trinajstić information content (AvgIpc) is 2.99. The van der Waals surface area contributed by atoms with Gasteiger partial charge in [-0.3, -0.25) is 15.1 Å². The molecule has 0 amide bonds. The lowest BCUT2D eigenvalue weighted by atomic mass is 10.0. The minimum absolute atomic E-state index is 0.0681. The molecular formula is C21H23ClN2O4S. The van der Waals surface area contributed by atoms with Crippen LogP contribution in [0.25, 0.3) is 0 Å². The maximum atomic E-state index is 11.2. The molecule has 1 heterocycles. The van der Waals surface area contributed by atoms with E-state index in [0.29, 0.717) is 41.5 Å². The van der Waals surface area contributed by atoms with Crippen LogP contribution in [0, 0.1) is 0 Å². The van der Waals surface area contributed by atoms with E-state index in [0.717, 1.165) is 22.6 Å². The number of ether oxygens (including phenoxy) is 1. The number of benzene rings is 2. The van der Waals surface area contributed by atoms with Gasteiger partial charge in [-0.2, -0.15) is 0 Å². The Morgan fingerprint density at radius 1 is 1.24 bits per heavy atom. The van der Waals surface area contributed by atoms with Gasteiger partial charge in [-0.25, -0.2) is 0 Å². The van der Waals surface area contributed by atoms with Crippen molar-refractivity contribution in [3.05, 3.63) is 79.2 Å². The van der Waals surface area contributed by atoms with Gasteiger partial charge in [0, 0.05) is 18.0 Å². The molecular weight excluding hydrogens is 412 g/mol. The van der Waals surface area contributed by atoms with Gasteiger partial charge in [0.15, 0.2) is 0 Å². The van der Waals surface area contributed by atoms with Gasteiger partial charge in [0.05, 0.1) is 11.5 Å². The van der Waals surface area contributed by atoms with Gasteiger partial charge < -0.3 is 14.9 Å². The second kappa shape index (κ2) is 9.45. The zero-order chi connectivity index (χ0) is 20.9. The molecule has 0 aliphatic carbocycles. The molecule has 1 atom stereocenters. The van der Waals surface area contributed by atoms with Crippen molar-refractivity contribution >= 4 is 22.9 Å². The molecule has 4 N–H and O–H groups in total. The summed E-state index contributed by atoms with van der Waals surface area (Å²) in [5.74, 6) is 0.670. The Bertz CT molecular complexity index is 998. The van der Waals surface area contributed by atoms with Crippen molar-refractivity contribution in [3.63, 3.8) is 0 Å². The first-order valence-corrected chi connectivity index (χ1v) is 10.4. The number of aromatic amines is 1. The number of aliphatic hydroxyl groups is 1. The highest BCUT2D eigenvalue weighted by atomic mass is 35.5. The number of nitrogens with one attached hydrogen (secondary N) is 2. The van der Waals surface area contributed by atoms with Crippen LogP contribution in [0.5, 0.6) is 11.6 Å². The van der Waals surface area contributed by atoms with Crippen LogP contribution in [-0.4, -0.2) is 28.3 Å². The van der Waals surface area contributed by atoms with Crippen LogP contribution in [0.2, 0.25) is 5.02 Å². The summed E-state index contributed by atoms with van der Waals surface area (Å²) in [5.41, 5.74) is 0.517. The lowest BCUT2D eigenvalue weighted by Gasteiger charge is -2.25. The molecule has 0 spiro atoms. The first-order valence-electron chi connectivity index (χ1n) is 9.19. The smallest absolute Gasteiger partial charge is 0.307 e. The number of aromatic hydroxyl groups is 1. The number of hydrogen-bond donors (Lipinski definition) is 4. The Balaban J connectivity index is 1.42. The number of H-pyrrole nitrogens is 1. The van der Waals surface area contributed by atoms with Crippen LogP contribution in [0.1, 0.15) is 29.3 Å². The van der Waals surface area contributed by atoms with E-state index in [1.807, 2.05) is 30.3 Å². The Kier molecular flexibility index (Phi) is 6.97. The summed E-state index contributed by atoms with van der Waals surface area (Å²) in [6, 6.07) is 14.7. The van der Waals surface area contributed by atoms with E-state index < -0.39 is 5.72 Å². The summed E-state index contributed by atoms with van der Waals surface area (Å²) >= 11 is 6.99. The molecule has 2 aromatic carbocycles. The van der Waals surface area contributed by atoms with E-state index >= 15 is 0 Å². The van der Waals surface area contributed by atoms with Gasteiger partial charge in [-0.15, -0.1) is 0 Å². The van der Waals surface area contributed by atoms with Gasteiger partial charge in [0.1, 0.15) is 11.5 Å². The minimum Gasteiger partial charge on any atom is -0.494 e. The molecule has 3 rings (SSSR count). The summed E-state index contributed by atoms with van der Waals surface area (Å²) in [6.07, 6.45) is 1.20. The Hall–Kier alpha value is -2.32. The quantitative estimate of drug-likeness (QED) is 0.305. The fourth-order valence-corrected chi connectivity index (χ4v) is 3.80. The van der Waals surface area contributed by atoms with Crippen molar-refractivity contribution in [1.29, 1.82) is 0 Å². The largest absolute Gasteiger partial charge is 0.494 e. The zero-order valence-corrected chi connectivity index (χ0v) is 17.5. The van der Waals surface area contributed by atoms with E-state index in [2.05, 4.69) is 10.3 Å². The second-order valence-electron chi connectivity index (χ2n) is 6.82. The highest BCUT2D eigenvalue weighted by molar-refractivity contribution is 7.09. The summed E-state index contributed by atoms with van der Waals surface area (Å²) in [7, 11) is 0. The summed E-state index contributed by atoms with van der Waals surface area (Å²) in [6.45, 7) is 2.76. The molecule has 0 saturated heterocycles. The van der Waals surface area contributed by atoms with E-state index in [1.165, 1.54) is 0 Å². The zero-order valence-electron chi connectivity index (χ0n) is 15.9. The standard InChI is InChI=1S/C21H23ClN2O4S/c1-21(27,15-4-2-5-16(22)13-15)23-10-3-11-28-17-8-6-14(7-9-17)12-18-19(25)24-20(26)29-18/h2,4-9,13,23,25,27H,3,10-12H2,1H3,(H,24,26). The molecule has 1 aromatic heterocycles. The molecule has 0 aliphatic heterocycles. The third-order valence-electron chi connectivity index (χ3n) is 4.43. The normalized spacial score (nSPS) is 13.2. The summed E-state index contributed by atoms with van der Waals surface area (Å²) in [4.78, 5) is 14.0. The molecule has 0 radical (unpaired) electrons. The summed E-state index contributed by atoms with van der Waals surface area (Å²) in [5, 5.41) is 23.9. The first kappa shape index (κ1) is 21.4.